The van der Waals surface area contributed by atoms with Crippen molar-refractivity contribution < 1.29 is 9.53 Å². The number of nitrogens with zero attached hydrogens (tertiary/aromatic N) is 3. The van der Waals surface area contributed by atoms with Gasteiger partial charge in [-0.25, -0.2) is 4.79 Å². The second kappa shape index (κ2) is 11.8. The van der Waals surface area contributed by atoms with Crippen molar-refractivity contribution in [2.45, 2.75) is 64.5 Å². The Morgan fingerprint density at radius 2 is 1.65 bits per heavy atom. The maximum Gasteiger partial charge on any atom is 0.412 e. The highest BCUT2D eigenvalue weighted by atomic mass is 16.6. The SMILES string of the molecule is CC(C)(C)OC(=O)Nc1cccc(Nc2nc(NCCc3ccc(N)cc3)nc(NC3CCCC3)n2)c1. The Morgan fingerprint density at radius 3 is 2.38 bits per heavy atom. The van der Waals surface area contributed by atoms with Crippen molar-refractivity contribution >= 4 is 41.0 Å². The first-order chi connectivity index (χ1) is 17.7. The molecule has 1 amide bonds. The van der Waals surface area contributed by atoms with Crippen molar-refractivity contribution in [3.05, 3.63) is 54.1 Å². The van der Waals surface area contributed by atoms with E-state index in [2.05, 4.69) is 36.2 Å². The van der Waals surface area contributed by atoms with Crippen LogP contribution in [0.2, 0.25) is 0 Å². The monoisotopic (exact) mass is 504 g/mol. The van der Waals surface area contributed by atoms with Crippen LogP contribution in [0.1, 0.15) is 52.0 Å². The fourth-order valence-electron chi connectivity index (χ4n) is 4.06. The number of amides is 1. The Kier molecular flexibility index (Phi) is 8.27. The number of aromatic nitrogens is 3. The predicted octanol–water partition coefficient (Wildman–Crippen LogP) is 5.55. The summed E-state index contributed by atoms with van der Waals surface area (Å²) in [5.74, 6) is 1.42. The zero-order valence-corrected chi connectivity index (χ0v) is 21.7. The molecule has 0 saturated heterocycles. The standard InChI is InChI=1S/C27H36N8O2/c1-27(2,3)37-26(36)32-22-10-6-9-21(17-22)31-25-34-23(29-16-15-18-11-13-19(28)14-12-18)33-24(35-25)30-20-7-4-5-8-20/h6,9-14,17,20H,4-5,7-8,15-16,28H2,1-3H3,(H,32,36)(H3,29,30,31,33,34,35). The van der Waals surface area contributed by atoms with Crippen LogP contribution in [-0.2, 0) is 11.2 Å². The van der Waals surface area contributed by atoms with Crippen molar-refractivity contribution in [1.82, 2.24) is 15.0 Å². The highest BCUT2D eigenvalue weighted by Crippen LogP contribution is 2.23. The smallest absolute Gasteiger partial charge is 0.412 e. The summed E-state index contributed by atoms with van der Waals surface area (Å²) in [6.45, 7) is 6.13. The molecule has 3 aromatic rings. The first-order valence-electron chi connectivity index (χ1n) is 12.7. The summed E-state index contributed by atoms with van der Waals surface area (Å²) in [5, 5.41) is 12.8. The van der Waals surface area contributed by atoms with Gasteiger partial charge in [-0.05, 0) is 75.9 Å². The molecule has 1 aliphatic carbocycles. The summed E-state index contributed by atoms with van der Waals surface area (Å²) < 4.78 is 5.34. The van der Waals surface area contributed by atoms with E-state index in [9.17, 15) is 4.79 Å². The molecule has 0 radical (unpaired) electrons. The molecule has 37 heavy (non-hydrogen) atoms. The first-order valence-corrected chi connectivity index (χ1v) is 12.7. The number of hydrogen-bond donors (Lipinski definition) is 5. The number of hydrogen-bond acceptors (Lipinski definition) is 9. The summed E-state index contributed by atoms with van der Waals surface area (Å²) in [6.07, 6.45) is 4.91. The lowest BCUT2D eigenvalue weighted by molar-refractivity contribution is 0.0636. The van der Waals surface area contributed by atoms with Crippen LogP contribution in [0, 0.1) is 0 Å². The average molecular weight is 505 g/mol. The van der Waals surface area contributed by atoms with Crippen LogP contribution in [0.25, 0.3) is 0 Å². The van der Waals surface area contributed by atoms with Gasteiger partial charge in [-0.15, -0.1) is 0 Å². The molecule has 0 unspecified atom stereocenters. The number of carbonyl (C=O) groups is 1. The normalized spacial score (nSPS) is 13.7. The molecule has 4 rings (SSSR count). The van der Waals surface area contributed by atoms with Gasteiger partial charge in [0.1, 0.15) is 5.60 Å². The van der Waals surface area contributed by atoms with Crippen LogP contribution < -0.4 is 27.0 Å². The summed E-state index contributed by atoms with van der Waals surface area (Å²) in [7, 11) is 0. The molecular formula is C27H36N8O2. The van der Waals surface area contributed by atoms with Crippen molar-refractivity contribution in [3.63, 3.8) is 0 Å². The van der Waals surface area contributed by atoms with Crippen molar-refractivity contribution in [1.29, 1.82) is 0 Å². The molecule has 1 fully saturated rings. The Labute approximate surface area is 217 Å². The minimum atomic E-state index is -0.579. The topological polar surface area (TPSA) is 139 Å². The molecule has 0 bridgehead atoms. The molecule has 10 nitrogen and oxygen atoms in total. The molecule has 196 valence electrons. The summed E-state index contributed by atoms with van der Waals surface area (Å²) in [5.41, 5.74) is 8.45. The van der Waals surface area contributed by atoms with E-state index < -0.39 is 11.7 Å². The second-order valence-corrected chi connectivity index (χ2v) is 10.2. The molecule has 2 aromatic carbocycles. The van der Waals surface area contributed by atoms with Crippen LogP contribution in [0.4, 0.5) is 39.7 Å². The van der Waals surface area contributed by atoms with Crippen LogP contribution >= 0.6 is 0 Å². The summed E-state index contributed by atoms with van der Waals surface area (Å²) >= 11 is 0. The Hall–Kier alpha value is -4.08. The number of carbonyl (C=O) groups excluding carboxylic acids is 1. The molecule has 1 aliphatic rings. The van der Waals surface area contributed by atoms with E-state index in [0.717, 1.165) is 30.6 Å². The molecule has 1 saturated carbocycles. The van der Waals surface area contributed by atoms with Gasteiger partial charge < -0.3 is 26.4 Å². The van der Waals surface area contributed by atoms with E-state index in [4.69, 9.17) is 10.5 Å². The fraction of sp³-hybridized carbons (Fsp3) is 0.407. The Morgan fingerprint density at radius 1 is 0.973 bits per heavy atom. The van der Waals surface area contributed by atoms with E-state index in [-0.39, 0.29) is 0 Å². The minimum Gasteiger partial charge on any atom is -0.444 e. The highest BCUT2D eigenvalue weighted by molar-refractivity contribution is 5.85. The van der Waals surface area contributed by atoms with E-state index in [1.165, 1.54) is 18.4 Å². The zero-order valence-electron chi connectivity index (χ0n) is 21.7. The van der Waals surface area contributed by atoms with Gasteiger partial charge in [0.05, 0.1) is 0 Å². The number of nitrogen functional groups attached to an aromatic ring is 1. The molecule has 1 aromatic heterocycles. The highest BCUT2D eigenvalue weighted by Gasteiger charge is 2.18. The van der Waals surface area contributed by atoms with E-state index >= 15 is 0 Å². The molecule has 0 spiro atoms. The Bertz CT molecular complexity index is 1190. The number of benzene rings is 2. The molecular weight excluding hydrogens is 468 g/mol. The lowest BCUT2D eigenvalue weighted by Crippen LogP contribution is -2.27. The number of nitrogens with one attached hydrogen (secondary N) is 4. The fourth-order valence-corrected chi connectivity index (χ4v) is 4.06. The van der Waals surface area contributed by atoms with Crippen molar-refractivity contribution in [3.8, 4) is 0 Å². The zero-order chi connectivity index (χ0) is 26.3. The molecule has 0 aliphatic heterocycles. The maximum atomic E-state index is 12.2. The van der Waals surface area contributed by atoms with Gasteiger partial charge in [-0.3, -0.25) is 5.32 Å². The summed E-state index contributed by atoms with van der Waals surface area (Å²) in [4.78, 5) is 25.9. The second-order valence-electron chi connectivity index (χ2n) is 10.2. The average Bonchev–Trinajstić information content (AvgIpc) is 3.32. The lowest BCUT2D eigenvalue weighted by Gasteiger charge is -2.19. The van der Waals surface area contributed by atoms with Crippen LogP contribution in [0.5, 0.6) is 0 Å². The van der Waals surface area contributed by atoms with Gasteiger partial charge in [0.25, 0.3) is 0 Å². The maximum absolute atomic E-state index is 12.2. The quantitative estimate of drug-likeness (QED) is 0.237. The van der Waals surface area contributed by atoms with Crippen LogP contribution in [0.3, 0.4) is 0 Å². The first kappa shape index (κ1) is 26.0. The van der Waals surface area contributed by atoms with Crippen LogP contribution in [-0.4, -0.2) is 39.2 Å². The third-order valence-electron chi connectivity index (χ3n) is 5.76. The van der Waals surface area contributed by atoms with Crippen LogP contribution in [0.15, 0.2) is 48.5 Å². The number of ether oxygens (including phenoxy) is 1. The molecule has 0 atom stereocenters. The third-order valence-corrected chi connectivity index (χ3v) is 5.76. The van der Waals surface area contributed by atoms with E-state index in [0.29, 0.717) is 36.1 Å². The number of rotatable bonds is 9. The number of anilines is 6. The number of nitrogens with two attached hydrogens (primary N) is 1. The van der Waals surface area contributed by atoms with Crippen molar-refractivity contribution in [2.24, 2.45) is 0 Å². The molecule has 10 heteroatoms. The van der Waals surface area contributed by atoms with Gasteiger partial charge in [-0.2, -0.15) is 15.0 Å². The molecule has 6 N–H and O–H groups in total. The predicted molar refractivity (Wildman–Crippen MR) is 148 cm³/mol. The summed E-state index contributed by atoms with van der Waals surface area (Å²) in [6, 6.07) is 15.5. The van der Waals surface area contributed by atoms with Gasteiger partial charge >= 0.3 is 6.09 Å². The lowest BCUT2D eigenvalue weighted by atomic mass is 10.1. The largest absolute Gasteiger partial charge is 0.444 e. The minimum absolute atomic E-state index is 0.360. The van der Waals surface area contributed by atoms with Gasteiger partial charge in [0.2, 0.25) is 17.8 Å². The van der Waals surface area contributed by atoms with Gasteiger partial charge in [0.15, 0.2) is 0 Å². The Balaban J connectivity index is 1.46. The third kappa shape index (κ3) is 8.52. The van der Waals surface area contributed by atoms with Crippen molar-refractivity contribution in [2.75, 3.05) is 33.5 Å². The van der Waals surface area contributed by atoms with E-state index in [1.54, 1.807) is 12.1 Å². The molecule has 1 heterocycles. The van der Waals surface area contributed by atoms with Gasteiger partial charge in [0, 0.05) is 29.6 Å². The van der Waals surface area contributed by atoms with Gasteiger partial charge in [-0.1, -0.05) is 31.0 Å². The van der Waals surface area contributed by atoms with E-state index in [1.807, 2.05) is 57.2 Å².